The van der Waals surface area contributed by atoms with E-state index in [1.54, 1.807) is 11.3 Å². The third-order valence-electron chi connectivity index (χ3n) is 2.30. The van der Waals surface area contributed by atoms with E-state index in [0.717, 1.165) is 6.54 Å². The molecular weight excluding hydrogens is 208 g/mol. The molecule has 1 N–H and O–H groups in total. The van der Waals surface area contributed by atoms with Crippen LogP contribution in [0.5, 0.6) is 0 Å². The molecule has 2 rings (SSSR count). The van der Waals surface area contributed by atoms with Gasteiger partial charge in [0.2, 0.25) is 0 Å². The second-order valence-electron chi connectivity index (χ2n) is 3.27. The lowest BCUT2D eigenvalue weighted by Gasteiger charge is -2.15. The van der Waals surface area contributed by atoms with Gasteiger partial charge in [-0.25, -0.2) is 0 Å². The minimum Gasteiger partial charge on any atom is -0.305 e. The van der Waals surface area contributed by atoms with Gasteiger partial charge in [0, 0.05) is 24.3 Å². The van der Waals surface area contributed by atoms with Crippen LogP contribution < -0.4 is 5.32 Å². The summed E-state index contributed by atoms with van der Waals surface area (Å²) in [5, 5.41) is 7.63. The van der Waals surface area contributed by atoms with Crippen LogP contribution in [0, 0.1) is 0 Å². The summed E-state index contributed by atoms with van der Waals surface area (Å²) in [6.45, 7) is 3.03. The lowest BCUT2D eigenvalue weighted by molar-refractivity contribution is 0.578. The Hall–Kier alpha value is -1.20. The van der Waals surface area contributed by atoms with Crippen molar-refractivity contribution in [2.75, 3.05) is 6.54 Å². The van der Waals surface area contributed by atoms with E-state index in [2.05, 4.69) is 22.3 Å². The van der Waals surface area contributed by atoms with Gasteiger partial charge in [0.15, 0.2) is 0 Å². The number of aryl methyl sites for hydroxylation is 1. The van der Waals surface area contributed by atoms with Gasteiger partial charge in [-0.1, -0.05) is 6.92 Å². The summed E-state index contributed by atoms with van der Waals surface area (Å²) in [6, 6.07) is 2.24. The molecule has 80 valence electrons. The lowest BCUT2D eigenvalue weighted by Crippen LogP contribution is -2.23. The van der Waals surface area contributed by atoms with Crippen LogP contribution in [-0.2, 0) is 7.05 Å². The van der Waals surface area contributed by atoms with E-state index in [9.17, 15) is 0 Å². The van der Waals surface area contributed by atoms with Crippen molar-refractivity contribution < 1.29 is 0 Å². The third kappa shape index (κ3) is 2.08. The second kappa shape index (κ2) is 4.55. The zero-order valence-corrected chi connectivity index (χ0v) is 9.66. The molecule has 1 unspecified atom stereocenters. The highest BCUT2D eigenvalue weighted by atomic mass is 32.1. The maximum atomic E-state index is 4.19. The van der Waals surface area contributed by atoms with Gasteiger partial charge in [-0.15, -0.1) is 11.3 Å². The Labute approximate surface area is 93.0 Å². The maximum absolute atomic E-state index is 4.19. The highest BCUT2D eigenvalue weighted by Crippen LogP contribution is 2.23. The predicted molar refractivity (Wildman–Crippen MR) is 60.8 cm³/mol. The van der Waals surface area contributed by atoms with Crippen molar-refractivity contribution in [2.24, 2.45) is 7.05 Å². The maximum Gasteiger partial charge on any atom is 0.0857 e. The molecule has 2 aromatic heterocycles. The van der Waals surface area contributed by atoms with Crippen LogP contribution in [0.3, 0.4) is 0 Å². The van der Waals surface area contributed by atoms with E-state index in [0.29, 0.717) is 0 Å². The minimum atomic E-state index is 0.204. The summed E-state index contributed by atoms with van der Waals surface area (Å²) >= 11 is 1.66. The highest BCUT2D eigenvalue weighted by Gasteiger charge is 2.17. The molecule has 0 aromatic carbocycles. The van der Waals surface area contributed by atoms with Gasteiger partial charge in [0.25, 0.3) is 0 Å². The molecule has 0 aliphatic rings. The monoisotopic (exact) mass is 222 g/mol. The van der Waals surface area contributed by atoms with E-state index in [1.807, 2.05) is 35.7 Å². The normalized spacial score (nSPS) is 12.9. The Balaban J connectivity index is 2.32. The first-order chi connectivity index (χ1) is 7.33. The molecule has 2 heterocycles. The van der Waals surface area contributed by atoms with Gasteiger partial charge in [0.05, 0.1) is 17.2 Å². The van der Waals surface area contributed by atoms with Crippen molar-refractivity contribution in [1.82, 2.24) is 20.1 Å². The average Bonchev–Trinajstić information content (AvgIpc) is 2.85. The molecule has 0 aliphatic heterocycles. The number of rotatable bonds is 4. The summed E-state index contributed by atoms with van der Waals surface area (Å²) in [4.78, 5) is 5.34. The molecule has 0 radical (unpaired) electrons. The molecule has 0 bridgehead atoms. The Morgan fingerprint density at radius 3 is 3.00 bits per heavy atom. The largest absolute Gasteiger partial charge is 0.305 e. The number of nitrogens with one attached hydrogen (secondary N) is 1. The number of thiazole rings is 1. The zero-order chi connectivity index (χ0) is 10.7. The van der Waals surface area contributed by atoms with Crippen molar-refractivity contribution >= 4 is 11.3 Å². The standard InChI is InChI=1S/C10H14N4S/c1-3-12-10(9-6-11-7-15-9)8-4-5-13-14(8)2/h4-7,10,12H,3H2,1-2H3. The SMILES string of the molecule is CCNC(c1cncs1)c1ccnn1C. The quantitative estimate of drug-likeness (QED) is 0.854. The molecule has 15 heavy (non-hydrogen) atoms. The molecule has 4 nitrogen and oxygen atoms in total. The summed E-state index contributed by atoms with van der Waals surface area (Å²) in [5.74, 6) is 0. The molecule has 0 fully saturated rings. The van der Waals surface area contributed by atoms with E-state index in [-0.39, 0.29) is 6.04 Å². The Bertz CT molecular complexity index is 407. The molecule has 0 aliphatic carbocycles. The minimum absolute atomic E-state index is 0.204. The first-order valence-electron chi connectivity index (χ1n) is 4.92. The number of aromatic nitrogens is 3. The highest BCUT2D eigenvalue weighted by molar-refractivity contribution is 7.09. The van der Waals surface area contributed by atoms with Crippen molar-refractivity contribution in [2.45, 2.75) is 13.0 Å². The summed E-state index contributed by atoms with van der Waals surface area (Å²) in [6.07, 6.45) is 3.73. The number of hydrogen-bond donors (Lipinski definition) is 1. The predicted octanol–water partition coefficient (Wildman–Crippen LogP) is 1.58. The molecule has 0 saturated carbocycles. The molecule has 0 spiro atoms. The van der Waals surface area contributed by atoms with Crippen LogP contribution in [0.2, 0.25) is 0 Å². The van der Waals surface area contributed by atoms with Crippen molar-refractivity contribution in [3.8, 4) is 0 Å². The Morgan fingerprint density at radius 2 is 2.47 bits per heavy atom. The average molecular weight is 222 g/mol. The fraction of sp³-hybridized carbons (Fsp3) is 0.400. The number of nitrogens with zero attached hydrogens (tertiary/aromatic N) is 3. The van der Waals surface area contributed by atoms with Gasteiger partial charge in [-0.2, -0.15) is 5.10 Å². The molecule has 5 heteroatoms. The van der Waals surface area contributed by atoms with Gasteiger partial charge < -0.3 is 5.32 Å². The zero-order valence-electron chi connectivity index (χ0n) is 8.84. The van der Waals surface area contributed by atoms with Gasteiger partial charge in [0.1, 0.15) is 0 Å². The van der Waals surface area contributed by atoms with Crippen LogP contribution >= 0.6 is 11.3 Å². The summed E-state index contributed by atoms with van der Waals surface area (Å²) in [7, 11) is 1.96. The van der Waals surface area contributed by atoms with Crippen molar-refractivity contribution in [3.63, 3.8) is 0 Å². The fourth-order valence-corrected chi connectivity index (χ4v) is 2.30. The molecule has 0 saturated heterocycles. The van der Waals surface area contributed by atoms with Crippen molar-refractivity contribution in [3.05, 3.63) is 34.5 Å². The van der Waals surface area contributed by atoms with Crippen molar-refractivity contribution in [1.29, 1.82) is 0 Å². The Morgan fingerprint density at radius 1 is 1.60 bits per heavy atom. The smallest absolute Gasteiger partial charge is 0.0857 e. The van der Waals surface area contributed by atoms with Crippen LogP contribution in [0.4, 0.5) is 0 Å². The fourth-order valence-electron chi connectivity index (χ4n) is 1.59. The topological polar surface area (TPSA) is 42.7 Å². The molecular formula is C10H14N4S. The molecule has 1 atom stereocenters. The first-order valence-corrected chi connectivity index (χ1v) is 5.80. The van der Waals surface area contributed by atoms with Crippen LogP contribution in [-0.4, -0.2) is 21.3 Å². The van der Waals surface area contributed by atoms with E-state index in [1.165, 1.54) is 10.6 Å². The lowest BCUT2D eigenvalue weighted by atomic mass is 10.2. The van der Waals surface area contributed by atoms with E-state index < -0.39 is 0 Å². The van der Waals surface area contributed by atoms with E-state index in [4.69, 9.17) is 0 Å². The molecule has 0 amide bonds. The number of hydrogen-bond acceptors (Lipinski definition) is 4. The van der Waals surface area contributed by atoms with Gasteiger partial charge in [-0.05, 0) is 12.6 Å². The first kappa shape index (κ1) is 10.3. The van der Waals surface area contributed by atoms with E-state index >= 15 is 0 Å². The van der Waals surface area contributed by atoms with Crippen LogP contribution in [0.1, 0.15) is 23.5 Å². The second-order valence-corrected chi connectivity index (χ2v) is 4.19. The summed E-state index contributed by atoms with van der Waals surface area (Å²) < 4.78 is 1.90. The van der Waals surface area contributed by atoms with Gasteiger partial charge in [-0.3, -0.25) is 9.67 Å². The molecule has 2 aromatic rings. The van der Waals surface area contributed by atoms with Crippen LogP contribution in [0.15, 0.2) is 24.0 Å². The van der Waals surface area contributed by atoms with Crippen LogP contribution in [0.25, 0.3) is 0 Å². The Kier molecular flexibility index (Phi) is 3.13. The summed E-state index contributed by atoms with van der Waals surface area (Å²) in [5.41, 5.74) is 3.02. The third-order valence-corrected chi connectivity index (χ3v) is 3.14. The van der Waals surface area contributed by atoms with Gasteiger partial charge >= 0.3 is 0 Å².